The van der Waals surface area contributed by atoms with Gasteiger partial charge in [0.1, 0.15) is 6.61 Å². The van der Waals surface area contributed by atoms with Gasteiger partial charge in [-0.1, -0.05) is 0 Å². The second kappa shape index (κ2) is 7.84. The van der Waals surface area contributed by atoms with Gasteiger partial charge in [-0.15, -0.1) is 0 Å². The Morgan fingerprint density at radius 1 is 1.10 bits per heavy atom. The van der Waals surface area contributed by atoms with Gasteiger partial charge in [0, 0.05) is 26.2 Å². The summed E-state index contributed by atoms with van der Waals surface area (Å²) in [4.78, 5) is 15.2. The standard InChI is InChI=1S/C13H23N5O2/c1-3-14-11-15-12(18-7-5-6-8-18)17-13(16-11)20-10-9-19-4-2/h3-10H2,1-2H3,(H,14,15,16,17). The van der Waals surface area contributed by atoms with Crippen LogP contribution < -0.4 is 15.0 Å². The molecule has 0 radical (unpaired) electrons. The summed E-state index contributed by atoms with van der Waals surface area (Å²) in [5, 5.41) is 3.11. The number of nitrogens with one attached hydrogen (secondary N) is 1. The highest BCUT2D eigenvalue weighted by atomic mass is 16.5. The number of nitrogens with zero attached hydrogens (tertiary/aromatic N) is 4. The van der Waals surface area contributed by atoms with Crippen molar-refractivity contribution in [2.24, 2.45) is 0 Å². The Balaban J connectivity index is 2.04. The van der Waals surface area contributed by atoms with Crippen LogP contribution in [0.2, 0.25) is 0 Å². The minimum Gasteiger partial charge on any atom is -0.461 e. The normalized spacial score (nSPS) is 14.6. The third-order valence-corrected chi connectivity index (χ3v) is 2.99. The van der Waals surface area contributed by atoms with Crippen LogP contribution in [0.25, 0.3) is 0 Å². The Bertz CT molecular complexity index is 410. The molecule has 0 saturated carbocycles. The lowest BCUT2D eigenvalue weighted by Gasteiger charge is -2.16. The van der Waals surface area contributed by atoms with Crippen LogP contribution >= 0.6 is 0 Å². The first-order valence-corrected chi connectivity index (χ1v) is 7.29. The van der Waals surface area contributed by atoms with Gasteiger partial charge in [-0.3, -0.25) is 0 Å². The molecule has 0 unspecified atom stereocenters. The Morgan fingerprint density at radius 3 is 2.60 bits per heavy atom. The Morgan fingerprint density at radius 2 is 1.90 bits per heavy atom. The number of hydrogen-bond acceptors (Lipinski definition) is 7. The molecule has 1 aromatic heterocycles. The highest BCUT2D eigenvalue weighted by Crippen LogP contribution is 2.19. The van der Waals surface area contributed by atoms with E-state index in [9.17, 15) is 0 Å². The fourth-order valence-electron chi connectivity index (χ4n) is 2.04. The summed E-state index contributed by atoms with van der Waals surface area (Å²) < 4.78 is 10.8. The molecule has 0 aliphatic carbocycles. The number of aromatic nitrogens is 3. The average Bonchev–Trinajstić information content (AvgIpc) is 2.98. The molecule has 0 bridgehead atoms. The van der Waals surface area contributed by atoms with Crippen LogP contribution in [0.3, 0.4) is 0 Å². The number of anilines is 2. The smallest absolute Gasteiger partial charge is 0.323 e. The highest BCUT2D eigenvalue weighted by Gasteiger charge is 2.17. The van der Waals surface area contributed by atoms with Gasteiger partial charge in [0.25, 0.3) is 0 Å². The molecule has 112 valence electrons. The Hall–Kier alpha value is -1.63. The molecule has 1 saturated heterocycles. The molecule has 0 spiro atoms. The second-order valence-corrected chi connectivity index (χ2v) is 4.51. The summed E-state index contributed by atoms with van der Waals surface area (Å²) in [6.45, 7) is 8.39. The van der Waals surface area contributed by atoms with Gasteiger partial charge in [-0.05, 0) is 26.7 Å². The zero-order chi connectivity index (χ0) is 14.2. The second-order valence-electron chi connectivity index (χ2n) is 4.51. The van der Waals surface area contributed by atoms with Crippen LogP contribution in [0.5, 0.6) is 6.01 Å². The predicted octanol–water partition coefficient (Wildman–Crippen LogP) is 1.32. The van der Waals surface area contributed by atoms with Crippen molar-refractivity contribution in [3.8, 4) is 6.01 Å². The summed E-state index contributed by atoms with van der Waals surface area (Å²) >= 11 is 0. The van der Waals surface area contributed by atoms with E-state index in [1.807, 2.05) is 13.8 Å². The van der Waals surface area contributed by atoms with Crippen LogP contribution in [0.4, 0.5) is 11.9 Å². The van der Waals surface area contributed by atoms with Crippen LogP contribution in [0.15, 0.2) is 0 Å². The lowest BCUT2D eigenvalue weighted by Crippen LogP contribution is -2.22. The molecule has 0 aromatic carbocycles. The maximum atomic E-state index is 5.54. The lowest BCUT2D eigenvalue weighted by molar-refractivity contribution is 0.106. The molecular weight excluding hydrogens is 258 g/mol. The highest BCUT2D eigenvalue weighted by molar-refractivity contribution is 5.39. The Kier molecular flexibility index (Phi) is 5.79. The molecular formula is C13H23N5O2. The first-order valence-electron chi connectivity index (χ1n) is 7.29. The molecule has 7 nitrogen and oxygen atoms in total. The molecule has 2 heterocycles. The number of rotatable bonds is 8. The lowest BCUT2D eigenvalue weighted by atomic mass is 10.4. The van der Waals surface area contributed by atoms with Crippen LogP contribution in [-0.2, 0) is 4.74 Å². The van der Waals surface area contributed by atoms with Crippen LogP contribution in [0.1, 0.15) is 26.7 Å². The van der Waals surface area contributed by atoms with E-state index >= 15 is 0 Å². The van der Waals surface area contributed by atoms with E-state index in [-0.39, 0.29) is 0 Å². The third kappa shape index (κ3) is 4.19. The molecule has 1 aromatic rings. The zero-order valence-electron chi connectivity index (χ0n) is 12.3. The minimum atomic E-state index is 0.359. The number of hydrogen-bond donors (Lipinski definition) is 1. The van der Waals surface area contributed by atoms with Crippen molar-refractivity contribution in [2.75, 3.05) is 49.7 Å². The van der Waals surface area contributed by atoms with Gasteiger partial charge in [0.15, 0.2) is 0 Å². The van der Waals surface area contributed by atoms with Crippen molar-refractivity contribution in [2.45, 2.75) is 26.7 Å². The fraction of sp³-hybridized carbons (Fsp3) is 0.769. The first-order chi connectivity index (χ1) is 9.83. The van der Waals surface area contributed by atoms with Gasteiger partial charge in [-0.25, -0.2) is 0 Å². The average molecular weight is 281 g/mol. The van der Waals surface area contributed by atoms with E-state index in [0.717, 1.165) is 19.6 Å². The van der Waals surface area contributed by atoms with E-state index < -0.39 is 0 Å². The molecule has 1 N–H and O–H groups in total. The summed E-state index contributed by atoms with van der Waals surface area (Å²) in [7, 11) is 0. The molecule has 0 atom stereocenters. The summed E-state index contributed by atoms with van der Waals surface area (Å²) in [6, 6.07) is 0.359. The summed E-state index contributed by atoms with van der Waals surface area (Å²) in [5.74, 6) is 1.26. The van der Waals surface area contributed by atoms with Gasteiger partial charge >= 0.3 is 6.01 Å². The summed E-state index contributed by atoms with van der Waals surface area (Å²) in [5.41, 5.74) is 0. The van der Waals surface area contributed by atoms with Crippen molar-refractivity contribution in [3.63, 3.8) is 0 Å². The zero-order valence-corrected chi connectivity index (χ0v) is 12.3. The fourth-order valence-corrected chi connectivity index (χ4v) is 2.04. The maximum Gasteiger partial charge on any atom is 0.323 e. The van der Waals surface area contributed by atoms with Crippen molar-refractivity contribution in [3.05, 3.63) is 0 Å². The van der Waals surface area contributed by atoms with E-state index in [2.05, 4.69) is 25.2 Å². The van der Waals surface area contributed by atoms with Crippen molar-refractivity contribution < 1.29 is 9.47 Å². The topological polar surface area (TPSA) is 72.4 Å². The Labute approximate surface area is 119 Å². The summed E-state index contributed by atoms with van der Waals surface area (Å²) in [6.07, 6.45) is 2.37. The van der Waals surface area contributed by atoms with Gasteiger partial charge in [-0.2, -0.15) is 15.0 Å². The largest absolute Gasteiger partial charge is 0.461 e. The SMILES string of the molecule is CCNc1nc(OCCOCC)nc(N2CCCC2)n1. The minimum absolute atomic E-state index is 0.359. The van der Waals surface area contributed by atoms with E-state index in [0.29, 0.717) is 37.7 Å². The van der Waals surface area contributed by atoms with Crippen molar-refractivity contribution >= 4 is 11.9 Å². The van der Waals surface area contributed by atoms with Crippen molar-refractivity contribution in [1.29, 1.82) is 0 Å². The van der Waals surface area contributed by atoms with Crippen LogP contribution in [-0.4, -0.2) is 54.4 Å². The quantitative estimate of drug-likeness (QED) is 0.720. The molecule has 2 rings (SSSR count). The van der Waals surface area contributed by atoms with Crippen LogP contribution in [0, 0.1) is 0 Å². The van der Waals surface area contributed by atoms with E-state index in [4.69, 9.17) is 9.47 Å². The maximum absolute atomic E-state index is 5.54. The van der Waals surface area contributed by atoms with Crippen molar-refractivity contribution in [1.82, 2.24) is 15.0 Å². The first kappa shape index (κ1) is 14.8. The molecule has 1 fully saturated rings. The molecule has 20 heavy (non-hydrogen) atoms. The van der Waals surface area contributed by atoms with Gasteiger partial charge < -0.3 is 19.7 Å². The monoisotopic (exact) mass is 281 g/mol. The molecule has 1 aliphatic rings. The van der Waals surface area contributed by atoms with E-state index in [1.54, 1.807) is 0 Å². The molecule has 0 amide bonds. The van der Waals surface area contributed by atoms with E-state index in [1.165, 1.54) is 12.8 Å². The predicted molar refractivity (Wildman–Crippen MR) is 77.4 cm³/mol. The van der Waals surface area contributed by atoms with Gasteiger partial charge in [0.2, 0.25) is 11.9 Å². The number of ether oxygens (including phenoxy) is 2. The van der Waals surface area contributed by atoms with Gasteiger partial charge in [0.05, 0.1) is 6.61 Å². The molecule has 1 aliphatic heterocycles. The third-order valence-electron chi connectivity index (χ3n) is 2.99. The molecule has 7 heteroatoms.